The Hall–Kier alpha value is -1.71. The molecule has 3 fully saturated rings. The first-order chi connectivity index (χ1) is 14.4. The molecule has 9 heteroatoms. The normalized spacial score (nSPS) is 46.9. The average molecular weight is 457 g/mol. The van der Waals surface area contributed by atoms with Crippen LogP contribution in [0.25, 0.3) is 0 Å². The van der Waals surface area contributed by atoms with E-state index in [1.54, 1.807) is 13.8 Å². The number of halogens is 2. The molecule has 0 saturated heterocycles. The molecule has 9 atom stereocenters. The SMILES string of the molecule is C=C1C(O)C2(F)C(C[C@@H]1F)C1C[C@@H](C)[C@](OC(=O)c3ccco3)(C(=O)S)C1(C)C[C@@H]2O. The summed E-state index contributed by atoms with van der Waals surface area (Å²) in [7, 11) is 0. The lowest BCUT2D eigenvalue weighted by Gasteiger charge is -2.58. The minimum Gasteiger partial charge on any atom is -0.457 e. The lowest BCUT2D eigenvalue weighted by molar-refractivity contribution is -0.221. The molecule has 5 unspecified atom stereocenters. The van der Waals surface area contributed by atoms with Crippen molar-refractivity contribution in [1.29, 1.82) is 0 Å². The number of rotatable bonds is 3. The summed E-state index contributed by atoms with van der Waals surface area (Å²) in [6.07, 6.45) is -4.31. The Kier molecular flexibility index (Phi) is 5.18. The van der Waals surface area contributed by atoms with Gasteiger partial charge < -0.3 is 19.4 Å². The molecule has 0 aliphatic heterocycles. The molecule has 0 spiro atoms. The van der Waals surface area contributed by atoms with Crippen LogP contribution in [0.5, 0.6) is 0 Å². The highest BCUT2D eigenvalue weighted by molar-refractivity contribution is 7.96. The molecule has 31 heavy (non-hydrogen) atoms. The maximum atomic E-state index is 16.1. The molecular weight excluding hydrogens is 430 g/mol. The Morgan fingerprint density at radius 2 is 2.00 bits per heavy atom. The van der Waals surface area contributed by atoms with E-state index in [2.05, 4.69) is 19.2 Å². The molecule has 0 radical (unpaired) electrons. The second-order valence-electron chi connectivity index (χ2n) is 9.40. The zero-order chi connectivity index (χ0) is 22.9. The van der Waals surface area contributed by atoms with E-state index in [0.29, 0.717) is 0 Å². The molecule has 4 rings (SSSR count). The van der Waals surface area contributed by atoms with E-state index < -0.39 is 63.9 Å². The van der Waals surface area contributed by atoms with Gasteiger partial charge in [-0.2, -0.15) is 0 Å². The minimum absolute atomic E-state index is 0.113. The molecule has 3 aliphatic rings. The summed E-state index contributed by atoms with van der Waals surface area (Å²) in [4.78, 5) is 25.7. The molecular formula is C22H26F2O6S. The molecule has 0 bridgehead atoms. The number of furan rings is 1. The van der Waals surface area contributed by atoms with Gasteiger partial charge in [0, 0.05) is 17.3 Å². The first-order valence-corrected chi connectivity index (χ1v) is 10.7. The number of aliphatic hydroxyl groups is 2. The van der Waals surface area contributed by atoms with Crippen LogP contribution in [0, 0.1) is 23.2 Å². The molecule has 6 nitrogen and oxygen atoms in total. The Bertz CT molecular complexity index is 921. The number of fused-ring (bicyclic) bond motifs is 3. The summed E-state index contributed by atoms with van der Waals surface area (Å²) < 4.78 is 41.6. The summed E-state index contributed by atoms with van der Waals surface area (Å²) in [6, 6.07) is 2.88. The number of thiol groups is 1. The fourth-order valence-electron chi connectivity index (χ4n) is 6.54. The first-order valence-electron chi connectivity index (χ1n) is 10.3. The van der Waals surface area contributed by atoms with Gasteiger partial charge in [0.2, 0.25) is 10.9 Å². The summed E-state index contributed by atoms with van der Waals surface area (Å²) in [6.45, 7) is 6.79. The summed E-state index contributed by atoms with van der Waals surface area (Å²) >= 11 is 4.04. The zero-order valence-corrected chi connectivity index (χ0v) is 18.1. The van der Waals surface area contributed by atoms with Crippen molar-refractivity contribution in [3.63, 3.8) is 0 Å². The Labute approximate surface area is 184 Å². The van der Waals surface area contributed by atoms with Crippen molar-refractivity contribution in [2.75, 3.05) is 0 Å². The van der Waals surface area contributed by atoms with Crippen LogP contribution >= 0.6 is 12.6 Å². The van der Waals surface area contributed by atoms with Gasteiger partial charge in [-0.25, -0.2) is 13.6 Å². The highest BCUT2D eigenvalue weighted by Gasteiger charge is 2.76. The molecule has 2 N–H and O–H groups in total. The monoisotopic (exact) mass is 456 g/mol. The standard InChI is InChI=1S/C22H26F2O6S/c1-10-7-12-13-8-14(23)11(2)17(26)21(13,24)16(25)9-20(12,3)22(10,19(28)31)30-18(27)15-5-4-6-29-15/h4-6,10,12-14,16-17,25-26H,2,7-9H2,1,3H3,(H,28,31)/t10-,12?,13?,14+,16+,17?,20?,21?,22+/m1/s1. The predicted molar refractivity (Wildman–Crippen MR) is 109 cm³/mol. The number of alkyl halides is 2. The molecule has 0 amide bonds. The molecule has 3 saturated carbocycles. The average Bonchev–Trinajstić information content (AvgIpc) is 3.30. The summed E-state index contributed by atoms with van der Waals surface area (Å²) in [5.41, 5.74) is -5.85. The second-order valence-corrected chi connectivity index (χ2v) is 9.81. The van der Waals surface area contributed by atoms with E-state index >= 15 is 4.39 Å². The number of ether oxygens (including phenoxy) is 1. The summed E-state index contributed by atoms with van der Waals surface area (Å²) in [5.74, 6) is -3.35. The first kappa shape index (κ1) is 22.5. The van der Waals surface area contributed by atoms with Gasteiger partial charge in [0.1, 0.15) is 12.3 Å². The topological polar surface area (TPSA) is 97.0 Å². The van der Waals surface area contributed by atoms with Crippen molar-refractivity contribution >= 4 is 23.7 Å². The summed E-state index contributed by atoms with van der Waals surface area (Å²) in [5, 5.41) is 20.6. The van der Waals surface area contributed by atoms with Crippen LogP contribution in [0.1, 0.15) is 43.7 Å². The van der Waals surface area contributed by atoms with Gasteiger partial charge in [-0.15, -0.1) is 12.6 Å². The van der Waals surface area contributed by atoms with E-state index in [0.717, 1.165) is 0 Å². The number of hydrogen-bond acceptors (Lipinski definition) is 6. The molecule has 3 aliphatic carbocycles. The molecule has 1 aromatic rings. The fourth-order valence-corrected chi connectivity index (χ4v) is 7.06. The number of hydrogen-bond donors (Lipinski definition) is 3. The van der Waals surface area contributed by atoms with Gasteiger partial charge in [-0.3, -0.25) is 4.79 Å². The van der Waals surface area contributed by atoms with Crippen LogP contribution in [0.3, 0.4) is 0 Å². The maximum absolute atomic E-state index is 16.1. The van der Waals surface area contributed by atoms with E-state index in [9.17, 15) is 24.2 Å². The zero-order valence-electron chi connectivity index (χ0n) is 17.3. The van der Waals surface area contributed by atoms with Crippen molar-refractivity contribution in [3.8, 4) is 0 Å². The quantitative estimate of drug-likeness (QED) is 0.368. The van der Waals surface area contributed by atoms with E-state index in [1.807, 2.05) is 0 Å². The number of carbonyl (C=O) groups is 2. The Morgan fingerprint density at radius 3 is 2.58 bits per heavy atom. The Morgan fingerprint density at radius 1 is 1.32 bits per heavy atom. The van der Waals surface area contributed by atoms with Gasteiger partial charge in [-0.05, 0) is 42.9 Å². The third-order valence-corrected chi connectivity index (χ3v) is 8.41. The molecule has 0 aromatic carbocycles. The number of aliphatic hydroxyl groups excluding tert-OH is 2. The van der Waals surface area contributed by atoms with E-state index in [-0.39, 0.29) is 30.6 Å². The lowest BCUT2D eigenvalue weighted by atomic mass is 9.50. The third kappa shape index (κ3) is 2.75. The van der Waals surface area contributed by atoms with Gasteiger partial charge in [0.25, 0.3) is 0 Å². The lowest BCUT2D eigenvalue weighted by Crippen LogP contribution is -2.69. The minimum atomic E-state index is -2.51. The van der Waals surface area contributed by atoms with E-state index in [4.69, 9.17) is 9.15 Å². The van der Waals surface area contributed by atoms with Gasteiger partial charge in [0.05, 0.1) is 12.4 Å². The number of esters is 1. The van der Waals surface area contributed by atoms with Crippen LogP contribution in [0.15, 0.2) is 35.0 Å². The molecule has 1 aromatic heterocycles. The highest BCUT2D eigenvalue weighted by atomic mass is 32.1. The molecule has 170 valence electrons. The van der Waals surface area contributed by atoms with Crippen molar-refractivity contribution < 1.29 is 37.7 Å². The number of carbonyl (C=O) groups excluding carboxylic acids is 2. The van der Waals surface area contributed by atoms with E-state index in [1.165, 1.54) is 18.4 Å². The van der Waals surface area contributed by atoms with Crippen molar-refractivity contribution in [3.05, 3.63) is 36.3 Å². The van der Waals surface area contributed by atoms with Crippen LogP contribution in [-0.4, -0.2) is 50.9 Å². The van der Waals surface area contributed by atoms with Crippen LogP contribution in [0.4, 0.5) is 8.78 Å². The van der Waals surface area contributed by atoms with Gasteiger partial charge >= 0.3 is 5.97 Å². The smallest absolute Gasteiger partial charge is 0.375 e. The maximum Gasteiger partial charge on any atom is 0.375 e. The van der Waals surface area contributed by atoms with Crippen molar-refractivity contribution in [1.82, 2.24) is 0 Å². The Balaban J connectivity index is 1.81. The third-order valence-electron chi connectivity index (χ3n) is 8.08. The van der Waals surface area contributed by atoms with Crippen molar-refractivity contribution in [2.45, 2.75) is 62.8 Å². The highest BCUT2D eigenvalue weighted by Crippen LogP contribution is 2.68. The molecule has 1 heterocycles. The van der Waals surface area contributed by atoms with Crippen LogP contribution < -0.4 is 0 Å². The van der Waals surface area contributed by atoms with Crippen molar-refractivity contribution in [2.24, 2.45) is 23.2 Å². The van der Waals surface area contributed by atoms with Crippen LogP contribution in [0.2, 0.25) is 0 Å². The van der Waals surface area contributed by atoms with Gasteiger partial charge in [0.15, 0.2) is 11.3 Å². The van der Waals surface area contributed by atoms with Crippen LogP contribution in [-0.2, 0) is 9.53 Å². The van der Waals surface area contributed by atoms with Gasteiger partial charge in [-0.1, -0.05) is 20.4 Å². The largest absolute Gasteiger partial charge is 0.457 e. The predicted octanol–water partition coefficient (Wildman–Crippen LogP) is 3.04. The fraction of sp³-hybridized carbons (Fsp3) is 0.636. The second kappa shape index (κ2) is 7.15.